The Hall–Kier alpha value is -0.950. The smallest absolute Gasteiger partial charge is 0.217 e. The van der Waals surface area contributed by atoms with Crippen molar-refractivity contribution in [3.63, 3.8) is 0 Å². The van der Waals surface area contributed by atoms with Crippen LogP contribution in [0, 0.1) is 17.3 Å². The predicted octanol–water partition coefficient (Wildman–Crippen LogP) is 2.93. The number of nitrogens with zero attached hydrogens (tertiary/aromatic N) is 2. The van der Waals surface area contributed by atoms with E-state index in [1.807, 2.05) is 0 Å². The maximum atomic E-state index is 13.4. The van der Waals surface area contributed by atoms with E-state index < -0.39 is 11.4 Å². The van der Waals surface area contributed by atoms with Gasteiger partial charge in [-0.25, -0.2) is 4.98 Å². The van der Waals surface area contributed by atoms with E-state index in [0.29, 0.717) is 5.56 Å². The summed E-state index contributed by atoms with van der Waals surface area (Å²) in [4.78, 5) is 3.61. The summed E-state index contributed by atoms with van der Waals surface area (Å²) in [6.07, 6.45) is 3.86. The third kappa shape index (κ3) is 1.32. The molecule has 1 aliphatic carbocycles. The Bertz CT molecular complexity index is 407. The van der Waals surface area contributed by atoms with E-state index >= 15 is 0 Å². The standard InChI is InChI=1S/C10H8BrFN2/c11-7-4-8(9(12)14-5-7)10(6-13)2-1-3-10/h4-5H,1-3H2. The lowest BCUT2D eigenvalue weighted by molar-refractivity contribution is 0.309. The van der Waals surface area contributed by atoms with E-state index in [9.17, 15) is 4.39 Å². The highest BCUT2D eigenvalue weighted by Crippen LogP contribution is 2.44. The lowest BCUT2D eigenvalue weighted by Crippen LogP contribution is -2.33. The molecule has 1 saturated carbocycles. The van der Waals surface area contributed by atoms with Crippen molar-refractivity contribution in [1.82, 2.24) is 4.98 Å². The Labute approximate surface area is 89.9 Å². The minimum Gasteiger partial charge on any atom is -0.227 e. The van der Waals surface area contributed by atoms with E-state index in [1.54, 1.807) is 6.07 Å². The van der Waals surface area contributed by atoms with Gasteiger partial charge < -0.3 is 0 Å². The molecule has 0 bridgehead atoms. The first-order valence-electron chi connectivity index (χ1n) is 4.41. The van der Waals surface area contributed by atoms with Crippen LogP contribution in [-0.2, 0) is 5.41 Å². The van der Waals surface area contributed by atoms with E-state index in [4.69, 9.17) is 5.26 Å². The van der Waals surface area contributed by atoms with Crippen molar-refractivity contribution in [1.29, 1.82) is 5.26 Å². The van der Waals surface area contributed by atoms with Gasteiger partial charge in [0.25, 0.3) is 0 Å². The summed E-state index contributed by atoms with van der Waals surface area (Å²) in [5.41, 5.74) is -0.193. The summed E-state index contributed by atoms with van der Waals surface area (Å²) in [6, 6.07) is 3.86. The number of hydrogen-bond donors (Lipinski definition) is 0. The van der Waals surface area contributed by atoms with Gasteiger partial charge >= 0.3 is 0 Å². The van der Waals surface area contributed by atoms with E-state index in [0.717, 1.165) is 23.7 Å². The Balaban J connectivity index is 2.50. The molecule has 1 heterocycles. The first kappa shape index (κ1) is 9.60. The van der Waals surface area contributed by atoms with E-state index in [1.165, 1.54) is 6.20 Å². The summed E-state index contributed by atoms with van der Waals surface area (Å²) in [5.74, 6) is -0.519. The van der Waals surface area contributed by atoms with Gasteiger partial charge in [0.1, 0.15) is 0 Å². The summed E-state index contributed by atoms with van der Waals surface area (Å²) >= 11 is 3.23. The van der Waals surface area contributed by atoms with Gasteiger partial charge in [-0.05, 0) is 41.3 Å². The van der Waals surface area contributed by atoms with Gasteiger partial charge in [-0.3, -0.25) is 0 Å². The maximum absolute atomic E-state index is 13.4. The highest BCUT2D eigenvalue weighted by atomic mass is 79.9. The molecule has 0 atom stereocenters. The molecule has 0 spiro atoms. The second kappa shape index (κ2) is 3.32. The molecule has 0 aromatic carbocycles. The SMILES string of the molecule is N#CC1(c2cc(Br)cnc2F)CCC1. The molecule has 0 N–H and O–H groups in total. The molecule has 0 aliphatic heterocycles. The fourth-order valence-corrected chi connectivity index (χ4v) is 2.06. The van der Waals surface area contributed by atoms with Crippen LogP contribution in [0.15, 0.2) is 16.7 Å². The first-order valence-corrected chi connectivity index (χ1v) is 5.20. The molecule has 1 aromatic heterocycles. The maximum Gasteiger partial charge on any atom is 0.217 e. The normalized spacial score (nSPS) is 18.4. The van der Waals surface area contributed by atoms with Crippen LogP contribution in [0.4, 0.5) is 4.39 Å². The molecule has 1 fully saturated rings. The quantitative estimate of drug-likeness (QED) is 0.723. The van der Waals surface area contributed by atoms with Gasteiger partial charge in [-0.15, -0.1) is 0 Å². The van der Waals surface area contributed by atoms with Crippen LogP contribution in [0.2, 0.25) is 0 Å². The van der Waals surface area contributed by atoms with Gasteiger partial charge in [0.15, 0.2) is 0 Å². The molecule has 72 valence electrons. The van der Waals surface area contributed by atoms with Gasteiger partial charge in [-0.1, -0.05) is 0 Å². The van der Waals surface area contributed by atoms with Crippen LogP contribution >= 0.6 is 15.9 Å². The van der Waals surface area contributed by atoms with Gasteiger partial charge in [-0.2, -0.15) is 9.65 Å². The zero-order valence-electron chi connectivity index (χ0n) is 7.43. The zero-order valence-corrected chi connectivity index (χ0v) is 9.01. The highest BCUT2D eigenvalue weighted by molar-refractivity contribution is 9.10. The second-order valence-corrected chi connectivity index (χ2v) is 4.46. The number of hydrogen-bond acceptors (Lipinski definition) is 2. The molecule has 0 unspecified atom stereocenters. The summed E-state index contributed by atoms with van der Waals surface area (Å²) in [6.45, 7) is 0. The van der Waals surface area contributed by atoms with Gasteiger partial charge in [0.05, 0.1) is 11.5 Å². The number of nitriles is 1. The number of pyridine rings is 1. The molecule has 0 amide bonds. The molecular weight excluding hydrogens is 247 g/mol. The van der Waals surface area contributed by atoms with Crippen molar-refractivity contribution in [2.45, 2.75) is 24.7 Å². The van der Waals surface area contributed by atoms with Crippen LogP contribution in [0.25, 0.3) is 0 Å². The Morgan fingerprint density at radius 1 is 1.57 bits per heavy atom. The Morgan fingerprint density at radius 2 is 2.29 bits per heavy atom. The number of rotatable bonds is 1. The van der Waals surface area contributed by atoms with Crippen LogP contribution in [0.3, 0.4) is 0 Å². The highest BCUT2D eigenvalue weighted by Gasteiger charge is 2.41. The lowest BCUT2D eigenvalue weighted by atomic mass is 9.66. The summed E-state index contributed by atoms with van der Waals surface area (Å²) in [5, 5.41) is 9.05. The predicted molar refractivity (Wildman–Crippen MR) is 53.0 cm³/mol. The van der Waals surface area contributed by atoms with Crippen molar-refractivity contribution in [2.75, 3.05) is 0 Å². The molecule has 1 aliphatic rings. The lowest BCUT2D eigenvalue weighted by Gasteiger charge is -2.35. The van der Waals surface area contributed by atoms with Crippen molar-refractivity contribution in [2.24, 2.45) is 0 Å². The molecule has 2 rings (SSSR count). The molecule has 14 heavy (non-hydrogen) atoms. The second-order valence-electron chi connectivity index (χ2n) is 3.54. The van der Waals surface area contributed by atoms with Crippen LogP contribution in [0.5, 0.6) is 0 Å². The fourth-order valence-electron chi connectivity index (χ4n) is 1.73. The molecule has 0 radical (unpaired) electrons. The van der Waals surface area contributed by atoms with Gasteiger partial charge in [0.2, 0.25) is 5.95 Å². The van der Waals surface area contributed by atoms with Crippen molar-refractivity contribution in [3.05, 3.63) is 28.2 Å². The molecule has 2 nitrogen and oxygen atoms in total. The average Bonchev–Trinajstić information content (AvgIpc) is 2.10. The van der Waals surface area contributed by atoms with Crippen molar-refractivity contribution >= 4 is 15.9 Å². The Kier molecular flexibility index (Phi) is 2.28. The van der Waals surface area contributed by atoms with Gasteiger partial charge in [0, 0.05) is 16.2 Å². The minimum atomic E-state index is -0.624. The Morgan fingerprint density at radius 3 is 2.79 bits per heavy atom. The molecule has 0 saturated heterocycles. The number of aromatic nitrogens is 1. The first-order chi connectivity index (χ1) is 6.68. The topological polar surface area (TPSA) is 36.7 Å². The summed E-state index contributed by atoms with van der Waals surface area (Å²) in [7, 11) is 0. The van der Waals surface area contributed by atoms with E-state index in [2.05, 4.69) is 27.0 Å². The zero-order chi connectivity index (χ0) is 10.2. The molecule has 4 heteroatoms. The van der Waals surface area contributed by atoms with Crippen molar-refractivity contribution < 1.29 is 4.39 Å². The third-order valence-corrected chi connectivity index (χ3v) is 3.18. The van der Waals surface area contributed by atoms with E-state index in [-0.39, 0.29) is 0 Å². The summed E-state index contributed by atoms with van der Waals surface area (Å²) < 4.78 is 14.1. The van der Waals surface area contributed by atoms with Crippen LogP contribution in [-0.4, -0.2) is 4.98 Å². The van der Waals surface area contributed by atoms with Crippen LogP contribution < -0.4 is 0 Å². The molecule has 1 aromatic rings. The monoisotopic (exact) mass is 254 g/mol. The van der Waals surface area contributed by atoms with Crippen LogP contribution in [0.1, 0.15) is 24.8 Å². The average molecular weight is 255 g/mol. The fraction of sp³-hybridized carbons (Fsp3) is 0.400. The largest absolute Gasteiger partial charge is 0.227 e. The number of halogens is 2. The molecular formula is C10H8BrFN2. The van der Waals surface area contributed by atoms with Crippen molar-refractivity contribution in [3.8, 4) is 6.07 Å². The third-order valence-electron chi connectivity index (χ3n) is 2.74. The minimum absolute atomic E-state index is 0.431.